The lowest BCUT2D eigenvalue weighted by Crippen LogP contribution is -2.29. The molecule has 1 aliphatic rings. The molecule has 0 spiro atoms. The van der Waals surface area contributed by atoms with Crippen LogP contribution in [0.1, 0.15) is 36.8 Å². The minimum atomic E-state index is -0.683. The Morgan fingerprint density at radius 1 is 1.17 bits per heavy atom. The van der Waals surface area contributed by atoms with Gasteiger partial charge in [0.05, 0.1) is 10.3 Å². The summed E-state index contributed by atoms with van der Waals surface area (Å²) in [5.74, 6) is 0.258. The molecule has 0 radical (unpaired) electrons. The van der Waals surface area contributed by atoms with Crippen molar-refractivity contribution in [1.82, 2.24) is 0 Å². The second-order valence-corrected chi connectivity index (χ2v) is 6.41. The summed E-state index contributed by atoms with van der Waals surface area (Å²) in [5.41, 5.74) is 1.99. The van der Waals surface area contributed by atoms with Gasteiger partial charge < -0.3 is 0 Å². The Bertz CT molecular complexity index is 795. The molecular weight excluding hydrogens is 302 g/mol. The number of nitro benzene ring substituents is 1. The van der Waals surface area contributed by atoms with Gasteiger partial charge in [0.15, 0.2) is 0 Å². The average molecular weight is 321 g/mol. The number of hydrogen-bond acceptors (Lipinski definition) is 3. The number of hydrogen-bond donors (Lipinski definition) is 0. The van der Waals surface area contributed by atoms with Crippen molar-refractivity contribution in [3.63, 3.8) is 0 Å². The number of Topliss-reactive ketones (excluding diaryl/α,β-unsaturated/α-hetero) is 1. The maximum absolute atomic E-state index is 12.7. The lowest BCUT2D eigenvalue weighted by molar-refractivity contribution is -0.384. The van der Waals surface area contributed by atoms with E-state index < -0.39 is 10.3 Å². The molecule has 2 aromatic rings. The van der Waals surface area contributed by atoms with Crippen molar-refractivity contribution in [3.05, 3.63) is 82.4 Å². The van der Waals surface area contributed by atoms with Crippen molar-refractivity contribution in [2.75, 3.05) is 0 Å². The summed E-state index contributed by atoms with van der Waals surface area (Å²) in [6.07, 6.45) is 1.33. The Labute approximate surface area is 141 Å². The summed E-state index contributed by atoms with van der Waals surface area (Å²) in [6, 6.07) is 16.3. The van der Waals surface area contributed by atoms with E-state index in [2.05, 4.69) is 6.58 Å². The first-order chi connectivity index (χ1) is 11.4. The molecule has 1 saturated carbocycles. The quantitative estimate of drug-likeness (QED) is 0.602. The van der Waals surface area contributed by atoms with Crippen molar-refractivity contribution in [2.24, 2.45) is 5.41 Å². The number of benzene rings is 2. The summed E-state index contributed by atoms with van der Waals surface area (Å²) in [7, 11) is 0. The normalized spacial score (nSPS) is 23.2. The maximum atomic E-state index is 12.7. The average Bonchev–Trinajstić information content (AvgIpc) is 2.91. The molecule has 4 heteroatoms. The van der Waals surface area contributed by atoms with Crippen LogP contribution in [0.2, 0.25) is 0 Å². The van der Waals surface area contributed by atoms with Crippen molar-refractivity contribution < 1.29 is 9.72 Å². The van der Waals surface area contributed by atoms with Crippen LogP contribution in [-0.4, -0.2) is 10.7 Å². The van der Waals surface area contributed by atoms with E-state index in [-0.39, 0.29) is 17.4 Å². The summed E-state index contributed by atoms with van der Waals surface area (Å²) >= 11 is 0. The highest BCUT2D eigenvalue weighted by molar-refractivity contribution is 6.00. The molecule has 0 N–H and O–H groups in total. The Hall–Kier alpha value is -2.75. The van der Waals surface area contributed by atoms with Gasteiger partial charge >= 0.3 is 0 Å². The summed E-state index contributed by atoms with van der Waals surface area (Å²) in [6.45, 7) is 6.14. The summed E-state index contributed by atoms with van der Waals surface area (Å²) in [4.78, 5) is 23.1. The SMILES string of the molecule is C=C(c1ccc([N+](=O)[O-])cc1)[C@]1(C)C(=O)CC[C@@H]1c1ccccc1. The number of carbonyl (C=O) groups excluding carboxylic acids is 1. The molecule has 24 heavy (non-hydrogen) atoms. The minimum absolute atomic E-state index is 0.0362. The highest BCUT2D eigenvalue weighted by atomic mass is 16.6. The van der Waals surface area contributed by atoms with Crippen LogP contribution in [0.5, 0.6) is 0 Å². The Morgan fingerprint density at radius 2 is 1.79 bits per heavy atom. The third kappa shape index (κ3) is 2.54. The molecular formula is C20H19NO3. The van der Waals surface area contributed by atoms with Crippen molar-refractivity contribution in [3.8, 4) is 0 Å². The Balaban J connectivity index is 1.99. The molecule has 0 saturated heterocycles. The van der Waals surface area contributed by atoms with Crippen LogP contribution in [0.25, 0.3) is 5.57 Å². The van der Waals surface area contributed by atoms with Crippen LogP contribution in [0.3, 0.4) is 0 Å². The number of allylic oxidation sites excluding steroid dienone is 1. The first kappa shape index (κ1) is 16.1. The highest BCUT2D eigenvalue weighted by Gasteiger charge is 2.48. The lowest BCUT2D eigenvalue weighted by atomic mass is 9.69. The summed E-state index contributed by atoms with van der Waals surface area (Å²) in [5, 5.41) is 10.8. The fraction of sp³-hybridized carbons (Fsp3) is 0.250. The molecule has 2 aromatic carbocycles. The van der Waals surface area contributed by atoms with Crippen LogP contribution < -0.4 is 0 Å². The van der Waals surface area contributed by atoms with Crippen molar-refractivity contribution in [1.29, 1.82) is 0 Å². The van der Waals surface area contributed by atoms with Gasteiger partial charge in [-0.1, -0.05) is 36.9 Å². The third-order valence-electron chi connectivity index (χ3n) is 5.19. The molecule has 1 aliphatic carbocycles. The number of non-ortho nitro benzene ring substituents is 1. The molecule has 122 valence electrons. The molecule has 0 bridgehead atoms. The van der Waals surface area contributed by atoms with Gasteiger partial charge in [-0.3, -0.25) is 14.9 Å². The predicted octanol–water partition coefficient (Wildman–Crippen LogP) is 4.76. The Kier molecular flexibility index (Phi) is 4.06. The van der Waals surface area contributed by atoms with Gasteiger partial charge in [-0.15, -0.1) is 0 Å². The van der Waals surface area contributed by atoms with Crippen LogP contribution >= 0.6 is 0 Å². The van der Waals surface area contributed by atoms with E-state index in [1.54, 1.807) is 12.1 Å². The van der Waals surface area contributed by atoms with E-state index in [0.717, 1.165) is 23.1 Å². The molecule has 1 fully saturated rings. The second kappa shape index (κ2) is 6.04. The molecule has 0 heterocycles. The van der Waals surface area contributed by atoms with Gasteiger partial charge in [-0.05, 0) is 42.2 Å². The number of carbonyl (C=O) groups is 1. The summed E-state index contributed by atoms with van der Waals surface area (Å²) < 4.78 is 0. The van der Waals surface area contributed by atoms with E-state index in [1.165, 1.54) is 12.1 Å². The van der Waals surface area contributed by atoms with Crippen LogP contribution in [0, 0.1) is 15.5 Å². The zero-order valence-corrected chi connectivity index (χ0v) is 13.6. The van der Waals surface area contributed by atoms with Gasteiger partial charge in [0.25, 0.3) is 5.69 Å². The van der Waals surface area contributed by atoms with Crippen LogP contribution in [-0.2, 0) is 4.79 Å². The van der Waals surface area contributed by atoms with Crippen molar-refractivity contribution >= 4 is 17.0 Å². The lowest BCUT2D eigenvalue weighted by Gasteiger charge is -2.33. The molecule has 0 unspecified atom stereocenters. The monoisotopic (exact) mass is 321 g/mol. The zero-order chi connectivity index (χ0) is 17.3. The predicted molar refractivity (Wildman–Crippen MR) is 93.7 cm³/mol. The largest absolute Gasteiger partial charge is 0.299 e. The van der Waals surface area contributed by atoms with Crippen LogP contribution in [0.15, 0.2) is 61.2 Å². The van der Waals surface area contributed by atoms with Gasteiger partial charge in [0.1, 0.15) is 5.78 Å². The first-order valence-corrected chi connectivity index (χ1v) is 7.97. The van der Waals surface area contributed by atoms with Crippen molar-refractivity contribution in [2.45, 2.75) is 25.7 Å². The van der Waals surface area contributed by atoms with E-state index in [0.29, 0.717) is 6.42 Å². The standard InChI is InChI=1S/C20H19NO3/c1-14(15-8-10-17(11-9-15)21(23)24)20(2)18(12-13-19(20)22)16-6-4-3-5-7-16/h3-11,18H,1,12-13H2,2H3/t18-,20+/m1/s1. The van der Waals surface area contributed by atoms with E-state index >= 15 is 0 Å². The minimum Gasteiger partial charge on any atom is -0.299 e. The zero-order valence-electron chi connectivity index (χ0n) is 13.6. The molecule has 0 aliphatic heterocycles. The Morgan fingerprint density at radius 3 is 2.38 bits per heavy atom. The molecule has 3 rings (SSSR count). The fourth-order valence-corrected chi connectivity index (χ4v) is 3.67. The van der Waals surface area contributed by atoms with Gasteiger partial charge in [-0.2, -0.15) is 0 Å². The van der Waals surface area contributed by atoms with Gasteiger partial charge in [0, 0.05) is 24.5 Å². The maximum Gasteiger partial charge on any atom is 0.269 e. The number of rotatable bonds is 4. The molecule has 4 nitrogen and oxygen atoms in total. The topological polar surface area (TPSA) is 60.2 Å². The first-order valence-electron chi connectivity index (χ1n) is 7.97. The van der Waals surface area contributed by atoms with Gasteiger partial charge in [-0.25, -0.2) is 0 Å². The number of ketones is 1. The smallest absolute Gasteiger partial charge is 0.269 e. The van der Waals surface area contributed by atoms with E-state index in [1.807, 2.05) is 37.3 Å². The third-order valence-corrected chi connectivity index (χ3v) is 5.19. The van der Waals surface area contributed by atoms with Crippen LogP contribution in [0.4, 0.5) is 5.69 Å². The second-order valence-electron chi connectivity index (χ2n) is 6.41. The van der Waals surface area contributed by atoms with Gasteiger partial charge in [0.2, 0.25) is 0 Å². The molecule has 2 atom stereocenters. The number of nitrogens with zero attached hydrogens (tertiary/aromatic N) is 1. The van der Waals surface area contributed by atoms with E-state index in [4.69, 9.17) is 0 Å². The fourth-order valence-electron chi connectivity index (χ4n) is 3.67. The van der Waals surface area contributed by atoms with E-state index in [9.17, 15) is 14.9 Å². The molecule has 0 amide bonds. The highest BCUT2D eigenvalue weighted by Crippen LogP contribution is 2.53. The number of nitro groups is 1. The molecule has 0 aromatic heterocycles.